The van der Waals surface area contributed by atoms with Crippen LogP contribution in [0.2, 0.25) is 0 Å². The van der Waals surface area contributed by atoms with Crippen molar-refractivity contribution in [3.05, 3.63) is 247 Å². The van der Waals surface area contributed by atoms with Gasteiger partial charge in [-0.3, -0.25) is 0 Å². The number of para-hydroxylation sites is 3. The minimum absolute atomic E-state index is 0.547. The molecule has 0 saturated heterocycles. The second-order valence-electron chi connectivity index (χ2n) is 16.7. The van der Waals surface area contributed by atoms with Crippen LogP contribution in [0.25, 0.3) is 89.1 Å². The summed E-state index contributed by atoms with van der Waals surface area (Å²) in [5.74, 6) is 2.49. The first-order valence-electron chi connectivity index (χ1n) is 21.8. The number of fused-ring (bicyclic) bond motifs is 12. The summed E-state index contributed by atoms with van der Waals surface area (Å²) in [7, 11) is 0. The molecule has 3 heterocycles. The Kier molecular flexibility index (Phi) is 8.09. The molecule has 4 nitrogen and oxygen atoms in total. The quantitative estimate of drug-likeness (QED) is 0.162. The molecule has 0 radical (unpaired) electrons. The maximum Gasteiger partial charge on any atom is 0.160 e. The number of rotatable bonds is 5. The first kappa shape index (κ1) is 36.2. The number of benzene rings is 9. The van der Waals surface area contributed by atoms with E-state index in [0.717, 1.165) is 89.4 Å². The minimum atomic E-state index is -0.547. The molecule has 1 spiro atoms. The summed E-state index contributed by atoms with van der Waals surface area (Å²) in [6.45, 7) is 0. The van der Waals surface area contributed by atoms with Gasteiger partial charge in [0, 0.05) is 44.2 Å². The lowest BCUT2D eigenvalue weighted by atomic mass is 9.66. The molecule has 11 aromatic rings. The zero-order valence-electron chi connectivity index (χ0n) is 34.6. The van der Waals surface area contributed by atoms with Crippen LogP contribution in [0.15, 0.2) is 224 Å². The molecule has 4 heteroatoms. The Morgan fingerprint density at radius 3 is 1.50 bits per heavy atom. The largest absolute Gasteiger partial charge is 0.457 e. The van der Waals surface area contributed by atoms with Crippen LogP contribution in [0.3, 0.4) is 0 Å². The van der Waals surface area contributed by atoms with Crippen LogP contribution in [-0.2, 0) is 5.41 Å². The normalized spacial score (nSPS) is 12.9. The Bertz CT molecular complexity index is 3520. The van der Waals surface area contributed by atoms with Gasteiger partial charge in [-0.25, -0.2) is 15.0 Å². The molecule has 0 amide bonds. The molecule has 1 aliphatic carbocycles. The summed E-state index contributed by atoms with van der Waals surface area (Å²) in [6.07, 6.45) is 0. The lowest BCUT2D eigenvalue weighted by Crippen LogP contribution is -2.32. The number of pyridine rings is 1. The van der Waals surface area contributed by atoms with Gasteiger partial charge in [-0.2, -0.15) is 0 Å². The Hall–Kier alpha value is -8.47. The summed E-state index contributed by atoms with van der Waals surface area (Å²) in [6, 6.07) is 79.5. The monoisotopic (exact) mass is 815 g/mol. The highest BCUT2D eigenvalue weighted by Gasteiger charge is 2.51. The Labute approximate surface area is 370 Å². The predicted octanol–water partition coefficient (Wildman–Crippen LogP) is 15.0. The number of aromatic nitrogens is 3. The van der Waals surface area contributed by atoms with Gasteiger partial charge in [-0.1, -0.05) is 188 Å². The van der Waals surface area contributed by atoms with Crippen molar-refractivity contribution in [3.63, 3.8) is 0 Å². The highest BCUT2D eigenvalue weighted by molar-refractivity contribution is 6.13. The highest BCUT2D eigenvalue weighted by Crippen LogP contribution is 2.62. The molecule has 2 aromatic heterocycles. The van der Waals surface area contributed by atoms with E-state index in [1.54, 1.807) is 0 Å². The summed E-state index contributed by atoms with van der Waals surface area (Å²) < 4.78 is 6.62. The van der Waals surface area contributed by atoms with Crippen molar-refractivity contribution in [2.24, 2.45) is 0 Å². The zero-order valence-corrected chi connectivity index (χ0v) is 34.6. The van der Waals surface area contributed by atoms with Crippen LogP contribution in [0, 0.1) is 0 Å². The fourth-order valence-corrected chi connectivity index (χ4v) is 10.2. The SMILES string of the molecule is c1ccc(-c2cc(-c3ccc(-c4ccc(-c5nc6ccccc6c6cc7c(cc56)-c5ccccc5C75c6ccccc6Oc6ccccc65)cc4)cc3)nc(-c3ccccc3)n2)cc1. The van der Waals surface area contributed by atoms with E-state index in [4.69, 9.17) is 19.7 Å². The molecule has 0 bridgehead atoms. The average molecular weight is 816 g/mol. The smallest absolute Gasteiger partial charge is 0.160 e. The maximum absolute atomic E-state index is 6.62. The molecule has 0 saturated carbocycles. The molecule has 64 heavy (non-hydrogen) atoms. The van der Waals surface area contributed by atoms with Gasteiger partial charge in [0.2, 0.25) is 0 Å². The topological polar surface area (TPSA) is 47.9 Å². The molecule has 1 aliphatic heterocycles. The van der Waals surface area contributed by atoms with Gasteiger partial charge in [0.25, 0.3) is 0 Å². The molecule has 0 N–H and O–H groups in total. The third-order valence-corrected chi connectivity index (χ3v) is 13.2. The van der Waals surface area contributed by atoms with E-state index in [1.165, 1.54) is 27.6 Å². The van der Waals surface area contributed by atoms with E-state index < -0.39 is 5.41 Å². The van der Waals surface area contributed by atoms with Gasteiger partial charge >= 0.3 is 0 Å². The van der Waals surface area contributed by atoms with Gasteiger partial charge < -0.3 is 4.74 Å². The van der Waals surface area contributed by atoms with Gasteiger partial charge in [-0.05, 0) is 75.2 Å². The van der Waals surface area contributed by atoms with Gasteiger partial charge in [0.05, 0.1) is 28.0 Å². The molecular weight excluding hydrogens is 779 g/mol. The van der Waals surface area contributed by atoms with Crippen LogP contribution in [-0.4, -0.2) is 15.0 Å². The molecule has 0 atom stereocenters. The van der Waals surface area contributed by atoms with Gasteiger partial charge in [0.1, 0.15) is 11.5 Å². The Morgan fingerprint density at radius 2 is 0.828 bits per heavy atom. The summed E-state index contributed by atoms with van der Waals surface area (Å²) in [4.78, 5) is 15.4. The summed E-state index contributed by atoms with van der Waals surface area (Å²) in [5.41, 5.74) is 16.9. The third kappa shape index (κ3) is 5.52. The Morgan fingerprint density at radius 1 is 0.312 bits per heavy atom. The fourth-order valence-electron chi connectivity index (χ4n) is 10.2. The van der Waals surface area contributed by atoms with E-state index in [1.807, 2.05) is 36.4 Å². The van der Waals surface area contributed by atoms with Crippen LogP contribution >= 0.6 is 0 Å². The molecular formula is C60H37N3O. The van der Waals surface area contributed by atoms with Crippen molar-refractivity contribution in [2.45, 2.75) is 5.41 Å². The van der Waals surface area contributed by atoms with Crippen molar-refractivity contribution in [1.29, 1.82) is 0 Å². The standard InChI is InChI=1S/C60H37N3O/c1-3-15-40(16-4-1)54-37-55(63-59(62-54)43-17-5-2-6-18-43)41-31-27-38(28-32-41)39-29-33-42(34-30-39)58-48-35-47-44-19-7-9-21-49(44)60(52(47)36-46(48)45-20-8-12-24-53(45)61-58)50-22-10-13-25-56(50)64-57-26-14-11-23-51(57)60/h1-37H. The number of ether oxygens (including phenoxy) is 1. The number of hydrogen-bond donors (Lipinski definition) is 0. The van der Waals surface area contributed by atoms with E-state index in [0.29, 0.717) is 5.82 Å². The summed E-state index contributed by atoms with van der Waals surface area (Å²) in [5, 5.41) is 3.45. The molecule has 0 fully saturated rings. The van der Waals surface area contributed by atoms with Crippen LogP contribution < -0.4 is 4.74 Å². The second-order valence-corrected chi connectivity index (χ2v) is 16.7. The lowest BCUT2D eigenvalue weighted by molar-refractivity contribution is 0.436. The Balaban J connectivity index is 0.922. The van der Waals surface area contributed by atoms with Gasteiger partial charge in [-0.15, -0.1) is 0 Å². The first-order chi connectivity index (χ1) is 31.7. The molecule has 13 rings (SSSR count). The van der Waals surface area contributed by atoms with Crippen LogP contribution in [0.5, 0.6) is 11.5 Å². The van der Waals surface area contributed by atoms with E-state index >= 15 is 0 Å². The van der Waals surface area contributed by atoms with Crippen LogP contribution in [0.4, 0.5) is 0 Å². The van der Waals surface area contributed by atoms with Crippen LogP contribution in [0.1, 0.15) is 22.3 Å². The van der Waals surface area contributed by atoms with Crippen molar-refractivity contribution in [2.75, 3.05) is 0 Å². The number of hydrogen-bond acceptors (Lipinski definition) is 4. The van der Waals surface area contributed by atoms with Crippen molar-refractivity contribution in [3.8, 4) is 78.9 Å². The molecule has 2 aliphatic rings. The van der Waals surface area contributed by atoms with Gasteiger partial charge in [0.15, 0.2) is 5.82 Å². The predicted molar refractivity (Wildman–Crippen MR) is 259 cm³/mol. The molecule has 298 valence electrons. The number of nitrogens with zero attached hydrogens (tertiary/aromatic N) is 3. The third-order valence-electron chi connectivity index (χ3n) is 13.2. The van der Waals surface area contributed by atoms with E-state index in [9.17, 15) is 0 Å². The zero-order chi connectivity index (χ0) is 42.2. The lowest BCUT2D eigenvalue weighted by Gasteiger charge is -2.39. The van der Waals surface area contributed by atoms with Crippen molar-refractivity contribution >= 4 is 21.7 Å². The second kappa shape index (κ2) is 14.3. The van der Waals surface area contributed by atoms with E-state index in [-0.39, 0.29) is 0 Å². The minimum Gasteiger partial charge on any atom is -0.457 e. The maximum atomic E-state index is 6.62. The fraction of sp³-hybridized carbons (Fsp3) is 0.0167. The molecule has 9 aromatic carbocycles. The first-order valence-corrected chi connectivity index (χ1v) is 21.8. The van der Waals surface area contributed by atoms with Crippen molar-refractivity contribution < 1.29 is 4.74 Å². The van der Waals surface area contributed by atoms with E-state index in [2.05, 4.69) is 188 Å². The highest BCUT2D eigenvalue weighted by atomic mass is 16.5. The molecule has 0 unspecified atom stereocenters. The summed E-state index contributed by atoms with van der Waals surface area (Å²) >= 11 is 0. The average Bonchev–Trinajstić information content (AvgIpc) is 3.65. The van der Waals surface area contributed by atoms with Crippen molar-refractivity contribution in [1.82, 2.24) is 15.0 Å².